The number of nitrogen functional groups attached to an aromatic ring is 1. The summed E-state index contributed by atoms with van der Waals surface area (Å²) in [6.07, 6.45) is 4.14. The molecule has 2 N–H and O–H groups in total. The summed E-state index contributed by atoms with van der Waals surface area (Å²) in [5.41, 5.74) is 7.72. The molecule has 1 aliphatic rings. The first-order chi connectivity index (χ1) is 8.70. The van der Waals surface area contributed by atoms with Crippen LogP contribution in [0.25, 0.3) is 11.3 Å². The molecule has 4 nitrogen and oxygen atoms in total. The Labute approximate surface area is 110 Å². The van der Waals surface area contributed by atoms with Crippen molar-refractivity contribution in [3.8, 4) is 17.0 Å². The van der Waals surface area contributed by atoms with Gasteiger partial charge in [0.05, 0.1) is 13.4 Å². The normalized spacial score (nSPS) is 14.8. The largest absolute Gasteiger partial charge is 0.496 e. The fraction of sp³-hybridized carbons (Fsp3) is 0.308. The number of nitrogens with two attached hydrogens (primary N) is 1. The second kappa shape index (κ2) is 4.21. The van der Waals surface area contributed by atoms with Crippen LogP contribution in [0.3, 0.4) is 0 Å². The molecule has 94 valence electrons. The second-order valence-electron chi connectivity index (χ2n) is 4.46. The van der Waals surface area contributed by atoms with Gasteiger partial charge in [-0.15, -0.1) is 0 Å². The van der Waals surface area contributed by atoms with Crippen LogP contribution in [0.1, 0.15) is 18.9 Å². The van der Waals surface area contributed by atoms with Crippen molar-refractivity contribution >= 4 is 17.4 Å². The molecule has 1 aliphatic carbocycles. The molecule has 2 aromatic rings. The van der Waals surface area contributed by atoms with Gasteiger partial charge >= 0.3 is 0 Å². The predicted molar refractivity (Wildman–Crippen MR) is 71.9 cm³/mol. The third kappa shape index (κ3) is 1.82. The first kappa shape index (κ1) is 11.4. The number of hydrogen-bond acceptors (Lipinski definition) is 3. The van der Waals surface area contributed by atoms with Gasteiger partial charge in [-0.25, -0.2) is 4.98 Å². The molecule has 0 unspecified atom stereocenters. The molecule has 0 bridgehead atoms. The molecule has 1 aromatic carbocycles. The topological polar surface area (TPSA) is 53.1 Å². The summed E-state index contributed by atoms with van der Waals surface area (Å²) in [7, 11) is 1.63. The van der Waals surface area contributed by atoms with Crippen molar-refractivity contribution in [1.82, 2.24) is 9.55 Å². The quantitative estimate of drug-likeness (QED) is 0.926. The highest BCUT2D eigenvalue weighted by atomic mass is 35.5. The molecule has 0 radical (unpaired) electrons. The highest BCUT2D eigenvalue weighted by Gasteiger charge is 2.27. The highest BCUT2D eigenvalue weighted by molar-refractivity contribution is 6.31. The monoisotopic (exact) mass is 263 g/mol. The zero-order valence-corrected chi connectivity index (χ0v) is 10.8. The fourth-order valence-electron chi connectivity index (χ4n) is 2.09. The minimum Gasteiger partial charge on any atom is -0.496 e. The highest BCUT2D eigenvalue weighted by Crippen LogP contribution is 2.41. The second-order valence-corrected chi connectivity index (χ2v) is 4.90. The van der Waals surface area contributed by atoms with E-state index in [4.69, 9.17) is 22.1 Å². The molecule has 0 atom stereocenters. The van der Waals surface area contributed by atoms with Gasteiger partial charge in [-0.1, -0.05) is 11.6 Å². The molecular weight excluding hydrogens is 250 g/mol. The Morgan fingerprint density at radius 2 is 2.22 bits per heavy atom. The molecule has 0 aliphatic heterocycles. The molecule has 5 heteroatoms. The Morgan fingerprint density at radius 3 is 2.89 bits per heavy atom. The maximum atomic E-state index is 6.15. The van der Waals surface area contributed by atoms with Crippen LogP contribution in [-0.2, 0) is 0 Å². The lowest BCUT2D eigenvalue weighted by molar-refractivity contribution is 0.416. The number of anilines is 1. The van der Waals surface area contributed by atoms with Gasteiger partial charge in [0.15, 0.2) is 0 Å². The van der Waals surface area contributed by atoms with E-state index in [1.807, 2.05) is 16.7 Å². The first-order valence-corrected chi connectivity index (χ1v) is 6.24. The third-order valence-electron chi connectivity index (χ3n) is 3.19. The lowest BCUT2D eigenvalue weighted by atomic mass is 10.1. The summed E-state index contributed by atoms with van der Waals surface area (Å²) >= 11 is 6.03. The van der Waals surface area contributed by atoms with Crippen molar-refractivity contribution in [3.63, 3.8) is 0 Å². The number of imidazole rings is 1. The molecule has 1 fully saturated rings. The van der Waals surface area contributed by atoms with Gasteiger partial charge in [0.1, 0.15) is 17.3 Å². The van der Waals surface area contributed by atoms with Crippen molar-refractivity contribution in [2.24, 2.45) is 0 Å². The Bertz CT molecular complexity index is 590. The van der Waals surface area contributed by atoms with Crippen molar-refractivity contribution in [3.05, 3.63) is 29.5 Å². The van der Waals surface area contributed by atoms with Gasteiger partial charge < -0.3 is 15.0 Å². The average Bonchev–Trinajstić information content (AvgIpc) is 3.13. The minimum absolute atomic E-state index is 0.511. The smallest absolute Gasteiger partial charge is 0.131 e. The van der Waals surface area contributed by atoms with E-state index in [0.717, 1.165) is 17.0 Å². The van der Waals surface area contributed by atoms with Crippen molar-refractivity contribution in [2.75, 3.05) is 12.8 Å². The lowest BCUT2D eigenvalue weighted by Gasteiger charge is -2.08. The van der Waals surface area contributed by atoms with Crippen LogP contribution >= 0.6 is 11.6 Å². The Balaban J connectivity index is 2.11. The molecular formula is C13H14ClN3O. The number of aromatic nitrogens is 2. The van der Waals surface area contributed by atoms with Crippen LogP contribution < -0.4 is 10.5 Å². The number of nitrogens with zero attached hydrogens (tertiary/aromatic N) is 2. The van der Waals surface area contributed by atoms with Gasteiger partial charge in [0.25, 0.3) is 0 Å². The number of hydrogen-bond donors (Lipinski definition) is 1. The first-order valence-electron chi connectivity index (χ1n) is 5.87. The molecule has 1 aromatic heterocycles. The van der Waals surface area contributed by atoms with E-state index in [2.05, 4.69) is 4.98 Å². The van der Waals surface area contributed by atoms with Crippen molar-refractivity contribution < 1.29 is 4.74 Å². The number of halogens is 1. The summed E-state index contributed by atoms with van der Waals surface area (Å²) in [5.74, 6) is 1.41. The standard InChI is InChI=1S/C13H14ClN3O/c1-18-11-5-2-8(14)6-10(11)12-13(15)17(7-16-12)9-3-4-9/h2,5-7,9H,3-4,15H2,1H3. The minimum atomic E-state index is 0.511. The Morgan fingerprint density at radius 1 is 1.44 bits per heavy atom. The van der Waals surface area contributed by atoms with Crippen LogP contribution in [0.2, 0.25) is 5.02 Å². The van der Waals surface area contributed by atoms with E-state index in [0.29, 0.717) is 16.9 Å². The summed E-state index contributed by atoms with van der Waals surface area (Å²) in [6.45, 7) is 0. The van der Waals surface area contributed by atoms with Crippen LogP contribution in [0.5, 0.6) is 5.75 Å². The van der Waals surface area contributed by atoms with Crippen molar-refractivity contribution in [2.45, 2.75) is 18.9 Å². The van der Waals surface area contributed by atoms with Crippen LogP contribution in [0.15, 0.2) is 24.5 Å². The third-order valence-corrected chi connectivity index (χ3v) is 3.42. The maximum Gasteiger partial charge on any atom is 0.131 e. The fourth-order valence-corrected chi connectivity index (χ4v) is 2.26. The average molecular weight is 264 g/mol. The van der Waals surface area contributed by atoms with Gasteiger partial charge in [-0.05, 0) is 31.0 Å². The zero-order chi connectivity index (χ0) is 12.7. The number of rotatable bonds is 3. The predicted octanol–water partition coefficient (Wildman–Crippen LogP) is 3.13. The van der Waals surface area contributed by atoms with Gasteiger partial charge in [-0.3, -0.25) is 0 Å². The molecule has 0 amide bonds. The maximum absolute atomic E-state index is 6.15. The molecule has 1 heterocycles. The zero-order valence-electron chi connectivity index (χ0n) is 10.1. The Hall–Kier alpha value is -1.68. The van der Waals surface area contributed by atoms with E-state index in [-0.39, 0.29) is 0 Å². The van der Waals surface area contributed by atoms with Crippen LogP contribution in [-0.4, -0.2) is 16.7 Å². The van der Waals surface area contributed by atoms with E-state index in [9.17, 15) is 0 Å². The summed E-state index contributed by atoms with van der Waals surface area (Å²) < 4.78 is 7.36. The van der Waals surface area contributed by atoms with E-state index in [1.165, 1.54) is 12.8 Å². The number of benzene rings is 1. The van der Waals surface area contributed by atoms with E-state index in [1.54, 1.807) is 19.5 Å². The summed E-state index contributed by atoms with van der Waals surface area (Å²) in [5, 5.41) is 0.645. The molecule has 0 saturated heterocycles. The molecule has 0 spiro atoms. The molecule has 18 heavy (non-hydrogen) atoms. The van der Waals surface area contributed by atoms with Crippen LogP contribution in [0, 0.1) is 0 Å². The van der Waals surface area contributed by atoms with Gasteiger partial charge in [0.2, 0.25) is 0 Å². The van der Waals surface area contributed by atoms with Gasteiger partial charge in [0, 0.05) is 16.6 Å². The lowest BCUT2D eigenvalue weighted by Crippen LogP contribution is -2.00. The SMILES string of the molecule is COc1ccc(Cl)cc1-c1ncn(C2CC2)c1N. The molecule has 1 saturated carbocycles. The summed E-state index contributed by atoms with van der Waals surface area (Å²) in [6, 6.07) is 5.96. The number of methoxy groups -OCH3 is 1. The van der Waals surface area contributed by atoms with Crippen LogP contribution in [0.4, 0.5) is 5.82 Å². The van der Waals surface area contributed by atoms with Gasteiger partial charge in [-0.2, -0.15) is 0 Å². The van der Waals surface area contributed by atoms with Crippen molar-refractivity contribution in [1.29, 1.82) is 0 Å². The molecule has 3 rings (SSSR count). The number of ether oxygens (including phenoxy) is 1. The van der Waals surface area contributed by atoms with E-state index < -0.39 is 0 Å². The Kier molecular flexibility index (Phi) is 2.67. The van der Waals surface area contributed by atoms with E-state index >= 15 is 0 Å². The summed E-state index contributed by atoms with van der Waals surface area (Å²) in [4.78, 5) is 4.40.